The topological polar surface area (TPSA) is 72.2 Å². The van der Waals surface area contributed by atoms with Gasteiger partial charge < -0.3 is 5.73 Å². The Labute approximate surface area is 121 Å². The molecule has 7 heteroatoms. The normalized spacial score (nSPS) is 11.5. The molecule has 0 bridgehead atoms. The second-order valence-electron chi connectivity index (χ2n) is 4.11. The zero-order valence-corrected chi connectivity index (χ0v) is 11.9. The van der Waals surface area contributed by atoms with E-state index in [1.165, 1.54) is 36.4 Å². The summed E-state index contributed by atoms with van der Waals surface area (Å²) in [6.45, 7) is 0.0211. The van der Waals surface area contributed by atoms with Crippen LogP contribution in [0, 0.1) is 5.82 Å². The van der Waals surface area contributed by atoms with Crippen molar-refractivity contribution in [1.29, 1.82) is 0 Å². The molecule has 0 amide bonds. The molecule has 0 aromatic heterocycles. The lowest BCUT2D eigenvalue weighted by molar-refractivity contribution is 0.581. The van der Waals surface area contributed by atoms with Crippen LogP contribution < -0.4 is 10.5 Å². The van der Waals surface area contributed by atoms with E-state index < -0.39 is 10.0 Å². The minimum absolute atomic E-state index is 0.0211. The van der Waals surface area contributed by atoms with Gasteiger partial charge in [-0.1, -0.05) is 29.8 Å². The molecule has 2 rings (SSSR count). The van der Waals surface area contributed by atoms with Crippen molar-refractivity contribution in [3.8, 4) is 0 Å². The van der Waals surface area contributed by atoms with E-state index in [1.54, 1.807) is 6.07 Å². The molecule has 0 radical (unpaired) electrons. The van der Waals surface area contributed by atoms with Gasteiger partial charge in [-0.3, -0.25) is 0 Å². The van der Waals surface area contributed by atoms with Crippen molar-refractivity contribution < 1.29 is 12.8 Å². The molecule has 0 saturated carbocycles. The lowest BCUT2D eigenvalue weighted by atomic mass is 10.2. The molecular formula is C13H12ClFN2O2S. The smallest absolute Gasteiger partial charge is 0.244 e. The number of hydrogen-bond acceptors (Lipinski definition) is 3. The van der Waals surface area contributed by atoms with E-state index >= 15 is 0 Å². The van der Waals surface area contributed by atoms with Crippen molar-refractivity contribution in [2.45, 2.75) is 11.4 Å². The second-order valence-corrected chi connectivity index (χ2v) is 6.22. The van der Waals surface area contributed by atoms with E-state index in [2.05, 4.69) is 4.72 Å². The summed E-state index contributed by atoms with van der Waals surface area (Å²) < 4.78 is 39.5. The number of benzene rings is 2. The van der Waals surface area contributed by atoms with Crippen LogP contribution in [0.1, 0.15) is 5.56 Å². The first-order chi connectivity index (χ1) is 9.40. The minimum atomic E-state index is -3.83. The summed E-state index contributed by atoms with van der Waals surface area (Å²) in [6, 6.07) is 9.97. The Bertz CT molecular complexity index is 697. The maximum absolute atomic E-state index is 12.8. The number of rotatable bonds is 4. The summed E-state index contributed by atoms with van der Waals surface area (Å²) in [5, 5.41) is 0.0524. The van der Waals surface area contributed by atoms with Gasteiger partial charge in [0, 0.05) is 6.54 Å². The van der Waals surface area contributed by atoms with Crippen LogP contribution in [0.4, 0.5) is 10.1 Å². The van der Waals surface area contributed by atoms with Gasteiger partial charge in [-0.2, -0.15) is 0 Å². The Morgan fingerprint density at radius 2 is 1.80 bits per heavy atom. The van der Waals surface area contributed by atoms with Gasteiger partial charge in [0.05, 0.1) is 10.7 Å². The highest BCUT2D eigenvalue weighted by atomic mass is 35.5. The third-order valence-electron chi connectivity index (χ3n) is 2.65. The predicted octanol–water partition coefficient (Wildman–Crippen LogP) is 2.54. The zero-order chi connectivity index (χ0) is 14.8. The fourth-order valence-electron chi connectivity index (χ4n) is 1.66. The van der Waals surface area contributed by atoms with E-state index in [1.807, 2.05) is 0 Å². The molecule has 0 unspecified atom stereocenters. The SMILES string of the molecule is Nc1cccc(Cl)c1S(=O)(=O)NCc1ccc(F)cc1. The van der Waals surface area contributed by atoms with Gasteiger partial charge in [0.25, 0.3) is 0 Å². The van der Waals surface area contributed by atoms with Crippen molar-refractivity contribution in [1.82, 2.24) is 4.72 Å². The average Bonchev–Trinajstić information content (AvgIpc) is 2.37. The van der Waals surface area contributed by atoms with Gasteiger partial charge >= 0.3 is 0 Å². The number of hydrogen-bond donors (Lipinski definition) is 2. The molecule has 20 heavy (non-hydrogen) atoms. The molecule has 0 fully saturated rings. The van der Waals surface area contributed by atoms with Crippen LogP contribution in [-0.2, 0) is 16.6 Å². The quantitative estimate of drug-likeness (QED) is 0.852. The van der Waals surface area contributed by atoms with E-state index in [-0.39, 0.29) is 28.0 Å². The maximum Gasteiger partial charge on any atom is 0.244 e. The van der Waals surface area contributed by atoms with Crippen molar-refractivity contribution in [2.24, 2.45) is 0 Å². The van der Waals surface area contributed by atoms with Crippen molar-refractivity contribution in [2.75, 3.05) is 5.73 Å². The van der Waals surface area contributed by atoms with Crippen molar-refractivity contribution in [3.05, 3.63) is 58.9 Å². The minimum Gasteiger partial charge on any atom is -0.398 e. The molecule has 4 nitrogen and oxygen atoms in total. The molecule has 0 atom stereocenters. The summed E-state index contributed by atoms with van der Waals surface area (Å²) >= 11 is 5.87. The number of sulfonamides is 1. The van der Waals surface area contributed by atoms with E-state index in [4.69, 9.17) is 17.3 Å². The fraction of sp³-hybridized carbons (Fsp3) is 0.0769. The van der Waals surface area contributed by atoms with Gasteiger partial charge in [0.2, 0.25) is 10.0 Å². The van der Waals surface area contributed by atoms with Crippen LogP contribution in [0.15, 0.2) is 47.4 Å². The highest BCUT2D eigenvalue weighted by molar-refractivity contribution is 7.89. The van der Waals surface area contributed by atoms with E-state index in [0.29, 0.717) is 5.56 Å². The summed E-state index contributed by atoms with van der Waals surface area (Å²) in [5.74, 6) is -0.382. The third-order valence-corrected chi connectivity index (χ3v) is 4.59. The Balaban J connectivity index is 2.22. The first kappa shape index (κ1) is 14.8. The van der Waals surface area contributed by atoms with Crippen LogP contribution in [0.25, 0.3) is 0 Å². The standard InChI is InChI=1S/C13H12ClFN2O2S/c14-11-2-1-3-12(16)13(11)20(18,19)17-8-9-4-6-10(15)7-5-9/h1-7,17H,8,16H2. The predicted molar refractivity (Wildman–Crippen MR) is 76.3 cm³/mol. The fourth-order valence-corrected chi connectivity index (χ4v) is 3.35. The van der Waals surface area contributed by atoms with Crippen molar-refractivity contribution >= 4 is 27.3 Å². The molecule has 2 aromatic carbocycles. The van der Waals surface area contributed by atoms with Crippen LogP contribution in [0.2, 0.25) is 5.02 Å². The second kappa shape index (κ2) is 5.78. The lowest BCUT2D eigenvalue weighted by Crippen LogP contribution is -2.24. The molecule has 0 aliphatic rings. The van der Waals surface area contributed by atoms with Gasteiger partial charge in [0.1, 0.15) is 10.7 Å². The largest absolute Gasteiger partial charge is 0.398 e. The molecule has 0 saturated heterocycles. The number of nitrogens with two attached hydrogens (primary N) is 1. The molecule has 2 aromatic rings. The molecule has 106 valence electrons. The van der Waals surface area contributed by atoms with Crippen LogP contribution >= 0.6 is 11.6 Å². The Morgan fingerprint density at radius 1 is 1.15 bits per heavy atom. The molecular weight excluding hydrogens is 303 g/mol. The number of nitrogen functional groups attached to an aromatic ring is 1. The highest BCUT2D eigenvalue weighted by Crippen LogP contribution is 2.26. The van der Waals surface area contributed by atoms with Gasteiger partial charge in [-0.25, -0.2) is 17.5 Å². The van der Waals surface area contributed by atoms with Gasteiger partial charge in [0.15, 0.2) is 0 Å². The summed E-state index contributed by atoms with van der Waals surface area (Å²) in [7, 11) is -3.83. The van der Waals surface area contributed by atoms with Crippen molar-refractivity contribution in [3.63, 3.8) is 0 Å². The van der Waals surface area contributed by atoms with Gasteiger partial charge in [-0.15, -0.1) is 0 Å². The Hall–Kier alpha value is -1.63. The maximum atomic E-state index is 12.8. The average molecular weight is 315 g/mol. The van der Waals surface area contributed by atoms with Gasteiger partial charge in [-0.05, 0) is 29.8 Å². The number of halogens is 2. The van der Waals surface area contributed by atoms with Crippen LogP contribution in [0.3, 0.4) is 0 Å². The first-order valence-corrected chi connectivity index (χ1v) is 7.54. The van der Waals surface area contributed by atoms with Crippen LogP contribution in [-0.4, -0.2) is 8.42 Å². The van der Waals surface area contributed by atoms with E-state index in [0.717, 1.165) is 0 Å². The van der Waals surface area contributed by atoms with Crippen LogP contribution in [0.5, 0.6) is 0 Å². The molecule has 0 spiro atoms. The molecule has 0 heterocycles. The molecule has 3 N–H and O–H groups in total. The number of nitrogens with one attached hydrogen (secondary N) is 1. The summed E-state index contributed by atoms with van der Waals surface area (Å²) in [6.07, 6.45) is 0. The highest BCUT2D eigenvalue weighted by Gasteiger charge is 2.20. The van der Waals surface area contributed by atoms with E-state index in [9.17, 15) is 12.8 Å². The lowest BCUT2D eigenvalue weighted by Gasteiger charge is -2.10. The Morgan fingerprint density at radius 3 is 2.40 bits per heavy atom. The summed E-state index contributed by atoms with van der Waals surface area (Å²) in [4.78, 5) is -0.149. The first-order valence-electron chi connectivity index (χ1n) is 5.68. The monoisotopic (exact) mass is 314 g/mol. The summed E-state index contributed by atoms with van der Waals surface area (Å²) in [5.41, 5.74) is 6.34. The molecule has 0 aliphatic carbocycles. The zero-order valence-electron chi connectivity index (χ0n) is 10.3. The number of anilines is 1. The molecule has 0 aliphatic heterocycles. The Kier molecular flexibility index (Phi) is 4.27. The third kappa shape index (κ3) is 3.27.